The van der Waals surface area contributed by atoms with E-state index in [1.807, 2.05) is 0 Å². The zero-order chi connectivity index (χ0) is 14.7. The summed E-state index contributed by atoms with van der Waals surface area (Å²) in [6, 6.07) is 4.53. The minimum atomic E-state index is -0.794. The van der Waals surface area contributed by atoms with Gasteiger partial charge in [-0.05, 0) is 6.07 Å². The molecule has 1 aromatic carbocycles. The quantitative estimate of drug-likeness (QED) is 0.834. The standard InChI is InChI=1S/C13H11F2N3O2/c14-9-6-12(10(15)5-11(9)16)20-8-1-2-18-7(3-8)4-13(17)19/h1-3,5-6H,4,16H2,(H2,17,19). The lowest BCUT2D eigenvalue weighted by atomic mass is 10.2. The number of pyridine rings is 1. The van der Waals surface area contributed by atoms with E-state index in [4.69, 9.17) is 16.2 Å². The molecular formula is C13H11F2N3O2. The van der Waals surface area contributed by atoms with Crippen molar-refractivity contribution in [3.05, 3.63) is 47.8 Å². The van der Waals surface area contributed by atoms with Crippen molar-refractivity contribution in [1.82, 2.24) is 4.98 Å². The number of anilines is 1. The first-order valence-corrected chi connectivity index (χ1v) is 5.61. The number of ether oxygens (including phenoxy) is 1. The highest BCUT2D eigenvalue weighted by atomic mass is 19.1. The van der Waals surface area contributed by atoms with Crippen molar-refractivity contribution in [3.63, 3.8) is 0 Å². The molecule has 1 aromatic heterocycles. The monoisotopic (exact) mass is 279 g/mol. The maximum Gasteiger partial charge on any atom is 0.223 e. The van der Waals surface area contributed by atoms with E-state index in [-0.39, 0.29) is 23.6 Å². The van der Waals surface area contributed by atoms with Gasteiger partial charge in [-0.15, -0.1) is 0 Å². The highest BCUT2D eigenvalue weighted by molar-refractivity contribution is 5.76. The first-order chi connectivity index (χ1) is 9.45. The molecule has 104 valence electrons. The molecule has 0 aliphatic rings. The number of carbonyl (C=O) groups excluding carboxylic acids is 1. The first-order valence-electron chi connectivity index (χ1n) is 5.61. The van der Waals surface area contributed by atoms with Gasteiger partial charge in [0.1, 0.15) is 11.6 Å². The molecule has 0 aliphatic carbocycles. The average molecular weight is 279 g/mol. The number of carbonyl (C=O) groups is 1. The molecule has 20 heavy (non-hydrogen) atoms. The molecule has 5 nitrogen and oxygen atoms in total. The van der Waals surface area contributed by atoms with Crippen molar-refractivity contribution in [2.45, 2.75) is 6.42 Å². The molecule has 0 unspecified atom stereocenters. The molecule has 0 aliphatic heterocycles. The Kier molecular flexibility index (Phi) is 3.79. The molecule has 2 aromatic rings. The average Bonchev–Trinajstić information content (AvgIpc) is 2.35. The Morgan fingerprint density at radius 1 is 1.25 bits per heavy atom. The lowest BCUT2D eigenvalue weighted by Gasteiger charge is -2.08. The fourth-order valence-corrected chi connectivity index (χ4v) is 1.54. The molecular weight excluding hydrogens is 268 g/mol. The van der Waals surface area contributed by atoms with Crippen molar-refractivity contribution < 1.29 is 18.3 Å². The van der Waals surface area contributed by atoms with E-state index in [0.29, 0.717) is 5.69 Å². The van der Waals surface area contributed by atoms with Crippen LogP contribution >= 0.6 is 0 Å². The smallest absolute Gasteiger partial charge is 0.223 e. The van der Waals surface area contributed by atoms with Crippen molar-refractivity contribution in [2.24, 2.45) is 5.73 Å². The van der Waals surface area contributed by atoms with Gasteiger partial charge in [0.2, 0.25) is 5.91 Å². The highest BCUT2D eigenvalue weighted by Gasteiger charge is 2.11. The van der Waals surface area contributed by atoms with Gasteiger partial charge >= 0.3 is 0 Å². The maximum absolute atomic E-state index is 13.6. The molecule has 0 bridgehead atoms. The molecule has 0 spiro atoms. The van der Waals surface area contributed by atoms with Gasteiger partial charge in [-0.1, -0.05) is 0 Å². The first kappa shape index (κ1) is 13.7. The summed E-state index contributed by atoms with van der Waals surface area (Å²) in [6.07, 6.45) is 1.30. The van der Waals surface area contributed by atoms with E-state index < -0.39 is 17.5 Å². The van der Waals surface area contributed by atoms with Gasteiger partial charge in [0.15, 0.2) is 11.6 Å². The Morgan fingerprint density at radius 3 is 2.70 bits per heavy atom. The molecule has 4 N–H and O–H groups in total. The predicted molar refractivity (Wildman–Crippen MR) is 68.0 cm³/mol. The summed E-state index contributed by atoms with van der Waals surface area (Å²) in [5.74, 6) is -2.24. The highest BCUT2D eigenvalue weighted by Crippen LogP contribution is 2.28. The van der Waals surface area contributed by atoms with E-state index in [1.54, 1.807) is 0 Å². The summed E-state index contributed by atoms with van der Waals surface area (Å²) >= 11 is 0. The van der Waals surface area contributed by atoms with Gasteiger partial charge in [0, 0.05) is 24.4 Å². The number of hydrogen-bond acceptors (Lipinski definition) is 4. The van der Waals surface area contributed by atoms with Gasteiger partial charge in [-0.2, -0.15) is 0 Å². The summed E-state index contributed by atoms with van der Waals surface area (Å²) in [5, 5.41) is 0. The Morgan fingerprint density at radius 2 is 2.00 bits per heavy atom. The number of nitrogens with two attached hydrogens (primary N) is 2. The van der Waals surface area contributed by atoms with Crippen molar-refractivity contribution in [3.8, 4) is 11.5 Å². The third kappa shape index (κ3) is 3.19. The normalized spacial score (nSPS) is 10.3. The van der Waals surface area contributed by atoms with Crippen LogP contribution in [0.25, 0.3) is 0 Å². The Labute approximate surface area is 113 Å². The molecule has 2 rings (SSSR count). The van der Waals surface area contributed by atoms with E-state index in [1.165, 1.54) is 18.3 Å². The van der Waals surface area contributed by atoms with E-state index in [0.717, 1.165) is 12.1 Å². The number of nitrogen functional groups attached to an aromatic ring is 1. The number of benzene rings is 1. The Bertz CT molecular complexity index is 662. The van der Waals surface area contributed by atoms with Crippen LogP contribution in [-0.2, 0) is 11.2 Å². The minimum Gasteiger partial charge on any atom is -0.454 e. The fourth-order valence-electron chi connectivity index (χ4n) is 1.54. The maximum atomic E-state index is 13.6. The molecule has 0 saturated carbocycles. The summed E-state index contributed by atoms with van der Waals surface area (Å²) in [5.41, 5.74) is 10.3. The fraction of sp³-hybridized carbons (Fsp3) is 0.0769. The molecule has 1 heterocycles. The SMILES string of the molecule is NC(=O)Cc1cc(Oc2cc(F)c(N)cc2F)ccn1. The van der Waals surface area contributed by atoms with E-state index in [2.05, 4.69) is 4.98 Å². The van der Waals surface area contributed by atoms with Crippen molar-refractivity contribution in [2.75, 3.05) is 5.73 Å². The molecule has 0 saturated heterocycles. The van der Waals surface area contributed by atoms with Gasteiger partial charge < -0.3 is 16.2 Å². The van der Waals surface area contributed by atoms with Crippen LogP contribution in [-0.4, -0.2) is 10.9 Å². The Hall–Kier alpha value is -2.70. The van der Waals surface area contributed by atoms with Crippen LogP contribution < -0.4 is 16.2 Å². The third-order valence-corrected chi connectivity index (χ3v) is 2.42. The number of hydrogen-bond donors (Lipinski definition) is 2. The third-order valence-electron chi connectivity index (χ3n) is 2.42. The second-order valence-electron chi connectivity index (χ2n) is 4.03. The van der Waals surface area contributed by atoms with Crippen LogP contribution in [0, 0.1) is 11.6 Å². The number of aromatic nitrogens is 1. The molecule has 0 atom stereocenters. The summed E-state index contributed by atoms with van der Waals surface area (Å²) in [4.78, 5) is 14.7. The zero-order valence-corrected chi connectivity index (χ0v) is 10.3. The topological polar surface area (TPSA) is 91.2 Å². The van der Waals surface area contributed by atoms with Gasteiger partial charge in [0.05, 0.1) is 17.8 Å². The van der Waals surface area contributed by atoms with Crippen LogP contribution in [0.15, 0.2) is 30.5 Å². The Balaban J connectivity index is 2.26. The lowest BCUT2D eigenvalue weighted by molar-refractivity contribution is -0.117. The van der Waals surface area contributed by atoms with Gasteiger partial charge in [0.25, 0.3) is 0 Å². The molecule has 1 amide bonds. The van der Waals surface area contributed by atoms with Gasteiger partial charge in [-0.3, -0.25) is 9.78 Å². The largest absolute Gasteiger partial charge is 0.454 e. The van der Waals surface area contributed by atoms with Crippen LogP contribution in [0.2, 0.25) is 0 Å². The minimum absolute atomic E-state index is 0.0736. The molecule has 7 heteroatoms. The van der Waals surface area contributed by atoms with Crippen LogP contribution in [0.3, 0.4) is 0 Å². The summed E-state index contributed by atoms with van der Waals surface area (Å²) in [7, 11) is 0. The second kappa shape index (κ2) is 5.52. The van der Waals surface area contributed by atoms with E-state index in [9.17, 15) is 13.6 Å². The second-order valence-corrected chi connectivity index (χ2v) is 4.03. The number of nitrogens with zero attached hydrogens (tertiary/aromatic N) is 1. The van der Waals surface area contributed by atoms with E-state index >= 15 is 0 Å². The summed E-state index contributed by atoms with van der Waals surface area (Å²) in [6.45, 7) is 0. The molecule has 0 fully saturated rings. The van der Waals surface area contributed by atoms with Crippen molar-refractivity contribution >= 4 is 11.6 Å². The lowest BCUT2D eigenvalue weighted by Crippen LogP contribution is -2.14. The number of primary amides is 1. The van der Waals surface area contributed by atoms with Crippen LogP contribution in [0.1, 0.15) is 5.69 Å². The van der Waals surface area contributed by atoms with Crippen molar-refractivity contribution in [1.29, 1.82) is 0 Å². The number of halogens is 2. The molecule has 0 radical (unpaired) electrons. The van der Waals surface area contributed by atoms with Crippen LogP contribution in [0.4, 0.5) is 14.5 Å². The van der Waals surface area contributed by atoms with Gasteiger partial charge in [-0.25, -0.2) is 8.78 Å². The van der Waals surface area contributed by atoms with Crippen LogP contribution in [0.5, 0.6) is 11.5 Å². The summed E-state index contributed by atoms with van der Waals surface area (Å²) < 4.78 is 32.0. The number of amides is 1. The zero-order valence-electron chi connectivity index (χ0n) is 10.3. The number of rotatable bonds is 4. The predicted octanol–water partition coefficient (Wildman–Crippen LogP) is 1.76.